The number of rotatable bonds is 13. The van der Waals surface area contributed by atoms with Gasteiger partial charge in [0.2, 0.25) is 0 Å². The van der Waals surface area contributed by atoms with Crippen LogP contribution in [0.15, 0.2) is 34.3 Å². The van der Waals surface area contributed by atoms with E-state index in [1.807, 2.05) is 12.1 Å². The summed E-state index contributed by atoms with van der Waals surface area (Å²) in [7, 11) is 0. The Morgan fingerprint density at radius 3 is 1.20 bits per heavy atom. The van der Waals surface area contributed by atoms with Gasteiger partial charge in [-0.3, -0.25) is 19.8 Å². The van der Waals surface area contributed by atoms with Crippen molar-refractivity contribution in [3.8, 4) is 11.5 Å². The minimum atomic E-state index is -0.177. The van der Waals surface area contributed by atoms with Crippen LogP contribution in [0.4, 0.5) is 0 Å². The van der Waals surface area contributed by atoms with Crippen molar-refractivity contribution in [3.63, 3.8) is 0 Å². The smallest absolute Gasteiger partial charge is 0.128 e. The molecule has 40 heavy (non-hydrogen) atoms. The number of aromatic hydroxyl groups is 2. The highest BCUT2D eigenvalue weighted by molar-refractivity contribution is 5.85. The molecule has 0 saturated carbocycles. The summed E-state index contributed by atoms with van der Waals surface area (Å²) in [6.07, 6.45) is 3.54. The molecule has 0 atom stereocenters. The van der Waals surface area contributed by atoms with Gasteiger partial charge in [-0.15, -0.1) is 0 Å². The number of hydrogen-bond donors (Lipinski definition) is 2. The zero-order chi connectivity index (χ0) is 30.1. The fourth-order valence-corrected chi connectivity index (χ4v) is 4.81. The summed E-state index contributed by atoms with van der Waals surface area (Å²) in [6, 6.07) is 8.34. The predicted molar refractivity (Wildman–Crippen MR) is 172 cm³/mol. The molecule has 2 aromatic carbocycles. The Balaban J connectivity index is 2.24. The molecule has 0 heterocycles. The number of phenolic OH excluding ortho intramolecular Hbond substituents is 2. The second kappa shape index (κ2) is 14.8. The fourth-order valence-electron chi connectivity index (χ4n) is 4.81. The Hall–Kier alpha value is -2.70. The molecule has 2 rings (SSSR count). The van der Waals surface area contributed by atoms with Crippen LogP contribution in [0.3, 0.4) is 0 Å². The first-order valence-corrected chi connectivity index (χ1v) is 14.9. The van der Waals surface area contributed by atoms with Gasteiger partial charge in [0.1, 0.15) is 11.5 Å². The normalized spacial score (nSPS) is 13.0. The molecule has 2 N–H and O–H groups in total. The standard InChI is InChI=1S/C34H54N4O2/c1-11-37(12-2)23-25-17-27(31(39)29(19-25)33(5,6)7)21-35-15-16-36-22-28-18-26(24-38(13-3)14-4)20-30(32(28)40)34(8,9)10/h17-22,39-40H,11-16,23-24H2,1-10H3/b35-21+,36-22+. The van der Waals surface area contributed by atoms with E-state index in [2.05, 4.69) is 101 Å². The van der Waals surface area contributed by atoms with Crippen LogP contribution in [0, 0.1) is 0 Å². The van der Waals surface area contributed by atoms with E-state index in [-0.39, 0.29) is 10.8 Å². The van der Waals surface area contributed by atoms with Gasteiger partial charge in [0.25, 0.3) is 0 Å². The Bertz CT molecular complexity index is 1060. The maximum absolute atomic E-state index is 11.0. The van der Waals surface area contributed by atoms with Crippen LogP contribution in [-0.4, -0.2) is 71.7 Å². The third kappa shape index (κ3) is 9.45. The quantitative estimate of drug-likeness (QED) is 0.210. The Kier molecular flexibility index (Phi) is 12.4. The second-order valence-corrected chi connectivity index (χ2v) is 12.7. The van der Waals surface area contributed by atoms with Gasteiger partial charge in [-0.25, -0.2) is 0 Å². The molecule has 0 unspecified atom stereocenters. The van der Waals surface area contributed by atoms with Crippen molar-refractivity contribution in [2.24, 2.45) is 9.98 Å². The first-order chi connectivity index (χ1) is 18.7. The first-order valence-electron chi connectivity index (χ1n) is 14.9. The molecule has 0 aromatic heterocycles. The summed E-state index contributed by atoms with van der Waals surface area (Å²) >= 11 is 0. The molecule has 0 bridgehead atoms. The molecule has 0 aliphatic rings. The van der Waals surface area contributed by atoms with Crippen molar-refractivity contribution < 1.29 is 10.2 Å². The zero-order valence-corrected chi connectivity index (χ0v) is 26.8. The molecule has 0 fully saturated rings. The summed E-state index contributed by atoms with van der Waals surface area (Å²) < 4.78 is 0. The highest BCUT2D eigenvalue weighted by atomic mass is 16.3. The van der Waals surface area contributed by atoms with Crippen LogP contribution in [0.25, 0.3) is 0 Å². The van der Waals surface area contributed by atoms with E-state index in [9.17, 15) is 10.2 Å². The lowest BCUT2D eigenvalue weighted by atomic mass is 9.84. The molecule has 0 spiro atoms. The van der Waals surface area contributed by atoms with Crippen LogP contribution in [-0.2, 0) is 23.9 Å². The molecule has 6 nitrogen and oxygen atoms in total. The van der Waals surface area contributed by atoms with E-state index < -0.39 is 0 Å². The van der Waals surface area contributed by atoms with Crippen molar-refractivity contribution in [1.82, 2.24) is 9.80 Å². The van der Waals surface area contributed by atoms with Crippen molar-refractivity contribution in [1.29, 1.82) is 0 Å². The molecule has 0 amide bonds. The van der Waals surface area contributed by atoms with Crippen molar-refractivity contribution in [2.75, 3.05) is 39.3 Å². The fraction of sp³-hybridized carbons (Fsp3) is 0.588. The van der Waals surface area contributed by atoms with Crippen LogP contribution in [0.5, 0.6) is 11.5 Å². The SMILES string of the molecule is CCN(CC)Cc1cc(/C=N/CC/N=C/c2cc(CN(CC)CC)cc(C(C)(C)C)c2O)c(O)c(C(C)(C)C)c1. The van der Waals surface area contributed by atoms with E-state index >= 15 is 0 Å². The summed E-state index contributed by atoms with van der Waals surface area (Å²) in [4.78, 5) is 13.9. The average molecular weight is 551 g/mol. The molecule has 2 aromatic rings. The lowest BCUT2D eigenvalue weighted by Gasteiger charge is -2.24. The average Bonchev–Trinajstić information content (AvgIpc) is 2.89. The number of aliphatic imine (C=N–C) groups is 2. The number of hydrogen-bond acceptors (Lipinski definition) is 6. The van der Waals surface area contributed by atoms with Gasteiger partial charge in [0.15, 0.2) is 0 Å². The van der Waals surface area contributed by atoms with E-state index in [4.69, 9.17) is 0 Å². The van der Waals surface area contributed by atoms with E-state index in [1.54, 1.807) is 12.4 Å². The Morgan fingerprint density at radius 2 is 0.925 bits per heavy atom. The maximum atomic E-state index is 11.0. The van der Waals surface area contributed by atoms with Gasteiger partial charge >= 0.3 is 0 Å². The largest absolute Gasteiger partial charge is 0.507 e. The Labute approximate surface area is 243 Å². The van der Waals surface area contributed by atoms with Crippen molar-refractivity contribution in [2.45, 2.75) is 93.2 Å². The second-order valence-electron chi connectivity index (χ2n) is 12.7. The molecule has 0 aliphatic carbocycles. The molecule has 222 valence electrons. The van der Waals surface area contributed by atoms with Gasteiger partial charge in [-0.05, 0) is 60.3 Å². The van der Waals surface area contributed by atoms with E-state index in [1.165, 1.54) is 11.1 Å². The van der Waals surface area contributed by atoms with Crippen LogP contribution < -0.4 is 0 Å². The third-order valence-electron chi connectivity index (χ3n) is 7.43. The minimum Gasteiger partial charge on any atom is -0.507 e. The van der Waals surface area contributed by atoms with E-state index in [0.717, 1.165) is 61.5 Å². The lowest BCUT2D eigenvalue weighted by Crippen LogP contribution is -2.23. The number of benzene rings is 2. The van der Waals surface area contributed by atoms with Crippen LogP contribution in [0.1, 0.15) is 103 Å². The molecule has 0 radical (unpaired) electrons. The van der Waals surface area contributed by atoms with Crippen molar-refractivity contribution >= 4 is 12.4 Å². The van der Waals surface area contributed by atoms with Gasteiger partial charge < -0.3 is 10.2 Å². The van der Waals surface area contributed by atoms with Gasteiger partial charge in [0, 0.05) is 47.8 Å². The molecule has 6 heteroatoms. The summed E-state index contributed by atoms with van der Waals surface area (Å²) in [5.41, 5.74) is 5.37. The summed E-state index contributed by atoms with van der Waals surface area (Å²) in [5.74, 6) is 0.598. The topological polar surface area (TPSA) is 71.7 Å². The number of phenols is 2. The van der Waals surface area contributed by atoms with Gasteiger partial charge in [-0.2, -0.15) is 0 Å². The first kappa shape index (κ1) is 33.5. The molecular formula is C34H54N4O2. The highest BCUT2D eigenvalue weighted by Gasteiger charge is 2.22. The van der Waals surface area contributed by atoms with E-state index in [0.29, 0.717) is 24.6 Å². The van der Waals surface area contributed by atoms with Gasteiger partial charge in [0.05, 0.1) is 13.1 Å². The molecule has 0 aliphatic heterocycles. The van der Waals surface area contributed by atoms with Crippen LogP contribution in [0.2, 0.25) is 0 Å². The molecule has 0 saturated heterocycles. The van der Waals surface area contributed by atoms with Crippen molar-refractivity contribution in [3.05, 3.63) is 57.6 Å². The number of nitrogens with zero attached hydrogens (tertiary/aromatic N) is 4. The monoisotopic (exact) mass is 550 g/mol. The minimum absolute atomic E-state index is 0.177. The third-order valence-corrected chi connectivity index (χ3v) is 7.43. The van der Waals surface area contributed by atoms with Gasteiger partial charge in [-0.1, -0.05) is 81.4 Å². The summed E-state index contributed by atoms with van der Waals surface area (Å²) in [6.45, 7) is 28.0. The highest BCUT2D eigenvalue weighted by Crippen LogP contribution is 2.35. The molecular weight excluding hydrogens is 496 g/mol. The maximum Gasteiger partial charge on any atom is 0.128 e. The summed E-state index contributed by atoms with van der Waals surface area (Å²) in [5, 5.41) is 22.1. The van der Waals surface area contributed by atoms with Crippen LogP contribution >= 0.6 is 0 Å². The lowest BCUT2D eigenvalue weighted by molar-refractivity contribution is 0.295. The zero-order valence-electron chi connectivity index (χ0n) is 26.8. The predicted octanol–water partition coefficient (Wildman–Crippen LogP) is 6.91. The Morgan fingerprint density at radius 1 is 0.600 bits per heavy atom.